The number of alkyl halides is 9. The van der Waals surface area contributed by atoms with Crippen LogP contribution in [0.4, 0.5) is 39.5 Å². The molecule has 126 valence electrons. The summed E-state index contributed by atoms with van der Waals surface area (Å²) in [6, 6.07) is 0. The molecule has 1 aliphatic carbocycles. The van der Waals surface area contributed by atoms with Crippen LogP contribution in [0.25, 0.3) is 0 Å². The van der Waals surface area contributed by atoms with Crippen LogP contribution >= 0.6 is 0 Å². The minimum absolute atomic E-state index is 0.609. The van der Waals surface area contributed by atoms with E-state index in [-0.39, 0.29) is 0 Å². The molecule has 0 aromatic carbocycles. The van der Waals surface area contributed by atoms with E-state index >= 15 is 0 Å². The number of hydrogen-bond acceptors (Lipinski definition) is 0. The first-order valence-corrected chi connectivity index (χ1v) is 6.30. The van der Waals surface area contributed by atoms with Gasteiger partial charge in [-0.15, -0.1) is 0 Å². The molecular formula is C12H15F9. The molecule has 0 spiro atoms. The molecule has 0 bridgehead atoms. The molecule has 0 aromatic heterocycles. The van der Waals surface area contributed by atoms with Crippen LogP contribution in [0.2, 0.25) is 0 Å². The van der Waals surface area contributed by atoms with Crippen molar-refractivity contribution in [3.8, 4) is 0 Å². The van der Waals surface area contributed by atoms with E-state index in [1.54, 1.807) is 0 Å². The third-order valence-electron chi connectivity index (χ3n) is 4.62. The minimum Gasteiger partial charge on any atom is -0.171 e. The fraction of sp³-hybridized carbons (Fsp3) is 1.00. The van der Waals surface area contributed by atoms with Crippen molar-refractivity contribution in [2.24, 2.45) is 35.5 Å². The predicted octanol–water partition coefficient (Wildman–Crippen LogP) is 5.44. The topological polar surface area (TPSA) is 0 Å². The van der Waals surface area contributed by atoms with Gasteiger partial charge in [-0.3, -0.25) is 0 Å². The van der Waals surface area contributed by atoms with E-state index in [4.69, 9.17) is 0 Å². The highest BCUT2D eigenvalue weighted by atomic mass is 19.4. The highest BCUT2D eigenvalue weighted by Crippen LogP contribution is 2.59. The second-order valence-electron chi connectivity index (χ2n) is 5.78. The summed E-state index contributed by atoms with van der Waals surface area (Å²) in [5.41, 5.74) is 0. The van der Waals surface area contributed by atoms with Crippen LogP contribution in [0.1, 0.15) is 20.8 Å². The molecule has 1 rings (SSSR count). The highest BCUT2D eigenvalue weighted by Gasteiger charge is 2.67. The Labute approximate surface area is 115 Å². The van der Waals surface area contributed by atoms with Gasteiger partial charge in [-0.1, -0.05) is 20.8 Å². The van der Waals surface area contributed by atoms with E-state index in [9.17, 15) is 39.5 Å². The Balaban J connectivity index is 3.39. The SMILES string of the molecule is CC1C(C(F)(F)F)C(C(F)(F)F)C(C)[C@@H](C)C1C(F)(F)F. The maximum Gasteiger partial charge on any atom is 0.392 e. The lowest BCUT2D eigenvalue weighted by Crippen LogP contribution is -2.57. The van der Waals surface area contributed by atoms with Crippen LogP contribution in [-0.4, -0.2) is 18.5 Å². The number of halogens is 9. The Hall–Kier alpha value is -0.630. The molecule has 0 heterocycles. The van der Waals surface area contributed by atoms with Crippen molar-refractivity contribution in [2.45, 2.75) is 39.3 Å². The van der Waals surface area contributed by atoms with Crippen LogP contribution in [0, 0.1) is 35.5 Å². The molecule has 0 N–H and O–H groups in total. The van der Waals surface area contributed by atoms with Crippen LogP contribution in [-0.2, 0) is 0 Å². The zero-order valence-electron chi connectivity index (χ0n) is 11.4. The van der Waals surface area contributed by atoms with E-state index in [2.05, 4.69) is 0 Å². The largest absolute Gasteiger partial charge is 0.392 e. The standard InChI is InChI=1S/C12H15F9/c1-4-5(2)8(11(16,17)18)9(12(19,20)21)6(3)7(4)10(13,14)15/h4-9H,1-3H3/t4-,5?,6?,7?,8?,9?/m1/s1. The summed E-state index contributed by atoms with van der Waals surface area (Å²) in [6.07, 6.45) is -15.5. The Morgan fingerprint density at radius 1 is 0.429 bits per heavy atom. The second-order valence-corrected chi connectivity index (χ2v) is 5.78. The van der Waals surface area contributed by atoms with Gasteiger partial charge < -0.3 is 0 Å². The van der Waals surface area contributed by atoms with Crippen molar-refractivity contribution in [1.82, 2.24) is 0 Å². The Morgan fingerprint density at radius 3 is 0.952 bits per heavy atom. The fourth-order valence-corrected chi connectivity index (χ4v) is 3.61. The summed E-state index contributed by atoms with van der Waals surface area (Å²) in [4.78, 5) is 0. The highest BCUT2D eigenvalue weighted by molar-refractivity contribution is 4.99. The quantitative estimate of drug-likeness (QED) is 0.519. The van der Waals surface area contributed by atoms with Gasteiger partial charge in [0, 0.05) is 0 Å². The van der Waals surface area contributed by atoms with Gasteiger partial charge in [-0.2, -0.15) is 39.5 Å². The minimum atomic E-state index is -5.34. The van der Waals surface area contributed by atoms with E-state index < -0.39 is 54.0 Å². The van der Waals surface area contributed by atoms with Gasteiger partial charge in [0.25, 0.3) is 0 Å². The molecule has 21 heavy (non-hydrogen) atoms. The zero-order valence-corrected chi connectivity index (χ0v) is 11.4. The van der Waals surface area contributed by atoms with Crippen molar-refractivity contribution in [3.63, 3.8) is 0 Å². The molecule has 1 aliphatic rings. The van der Waals surface area contributed by atoms with Gasteiger partial charge in [-0.25, -0.2) is 0 Å². The summed E-state index contributed by atoms with van der Waals surface area (Å²) >= 11 is 0. The van der Waals surface area contributed by atoms with E-state index in [1.807, 2.05) is 0 Å². The molecule has 0 aliphatic heterocycles. The smallest absolute Gasteiger partial charge is 0.171 e. The third kappa shape index (κ3) is 3.41. The zero-order chi connectivity index (χ0) is 17.0. The molecule has 1 saturated carbocycles. The van der Waals surface area contributed by atoms with E-state index in [0.717, 1.165) is 13.8 Å². The third-order valence-corrected chi connectivity index (χ3v) is 4.62. The van der Waals surface area contributed by atoms with Crippen molar-refractivity contribution < 1.29 is 39.5 Å². The normalized spacial score (nSPS) is 39.4. The number of rotatable bonds is 0. The van der Waals surface area contributed by atoms with Crippen LogP contribution in [0.3, 0.4) is 0 Å². The molecule has 1 fully saturated rings. The molecule has 0 amide bonds. The van der Waals surface area contributed by atoms with E-state index in [0.29, 0.717) is 6.92 Å². The van der Waals surface area contributed by atoms with Gasteiger partial charge in [-0.05, 0) is 17.8 Å². The first-order chi connectivity index (χ1) is 9.10. The first kappa shape index (κ1) is 18.4. The predicted molar refractivity (Wildman–Crippen MR) is 56.1 cm³/mol. The molecule has 6 atom stereocenters. The lowest BCUT2D eigenvalue weighted by molar-refractivity contribution is -0.321. The van der Waals surface area contributed by atoms with Gasteiger partial charge in [0.2, 0.25) is 0 Å². The van der Waals surface area contributed by atoms with Crippen LogP contribution in [0.15, 0.2) is 0 Å². The van der Waals surface area contributed by atoms with Crippen molar-refractivity contribution in [3.05, 3.63) is 0 Å². The molecule has 9 heteroatoms. The summed E-state index contributed by atoms with van der Waals surface area (Å²) in [6.45, 7) is 2.36. The maximum atomic E-state index is 13.0. The van der Waals surface area contributed by atoms with Crippen molar-refractivity contribution >= 4 is 0 Å². The maximum absolute atomic E-state index is 13.0. The molecule has 0 saturated heterocycles. The summed E-state index contributed by atoms with van der Waals surface area (Å²) < 4.78 is 117. The average Bonchev–Trinajstić information content (AvgIpc) is 2.17. The Bertz CT molecular complexity index is 364. The molecule has 0 nitrogen and oxygen atoms in total. The molecule has 0 aromatic rings. The van der Waals surface area contributed by atoms with E-state index in [1.165, 1.54) is 0 Å². The Morgan fingerprint density at radius 2 is 0.667 bits per heavy atom. The first-order valence-electron chi connectivity index (χ1n) is 6.30. The Kier molecular flexibility index (Phi) is 4.58. The monoisotopic (exact) mass is 330 g/mol. The molecule has 5 unspecified atom stereocenters. The van der Waals surface area contributed by atoms with Crippen LogP contribution in [0.5, 0.6) is 0 Å². The number of hydrogen-bond donors (Lipinski definition) is 0. The summed E-state index contributed by atoms with van der Waals surface area (Å²) in [7, 11) is 0. The summed E-state index contributed by atoms with van der Waals surface area (Å²) in [5.74, 6) is -13.7. The molecule has 0 radical (unpaired) electrons. The van der Waals surface area contributed by atoms with Gasteiger partial charge in [0.15, 0.2) is 0 Å². The van der Waals surface area contributed by atoms with Crippen LogP contribution < -0.4 is 0 Å². The van der Waals surface area contributed by atoms with Crippen molar-refractivity contribution in [2.75, 3.05) is 0 Å². The fourth-order valence-electron chi connectivity index (χ4n) is 3.61. The summed E-state index contributed by atoms with van der Waals surface area (Å²) in [5, 5.41) is 0. The average molecular weight is 330 g/mol. The lowest BCUT2D eigenvalue weighted by atomic mass is 9.57. The second kappa shape index (κ2) is 5.22. The molecular weight excluding hydrogens is 315 g/mol. The lowest BCUT2D eigenvalue weighted by Gasteiger charge is -2.50. The van der Waals surface area contributed by atoms with Crippen molar-refractivity contribution in [1.29, 1.82) is 0 Å². The van der Waals surface area contributed by atoms with Gasteiger partial charge in [0.05, 0.1) is 17.8 Å². The van der Waals surface area contributed by atoms with Gasteiger partial charge in [0.1, 0.15) is 0 Å². The van der Waals surface area contributed by atoms with Gasteiger partial charge >= 0.3 is 18.5 Å².